The lowest BCUT2D eigenvalue weighted by Gasteiger charge is -2.36. The maximum atomic E-state index is 11.9. The van der Waals surface area contributed by atoms with Crippen LogP contribution in [-0.4, -0.2) is 35.9 Å². The maximum absolute atomic E-state index is 11.9. The van der Waals surface area contributed by atoms with Gasteiger partial charge in [0.05, 0.1) is 6.61 Å². The van der Waals surface area contributed by atoms with E-state index in [4.69, 9.17) is 4.74 Å². The van der Waals surface area contributed by atoms with Crippen molar-refractivity contribution in [2.45, 2.75) is 51.9 Å². The predicted molar refractivity (Wildman–Crippen MR) is 87.0 cm³/mol. The Morgan fingerprint density at radius 3 is 2.82 bits per heavy atom. The molecular formula is C17H26N2O3. The number of anilines is 1. The zero-order valence-corrected chi connectivity index (χ0v) is 13.6. The molecule has 0 radical (unpaired) electrons. The molecule has 0 unspecified atom stereocenters. The van der Waals surface area contributed by atoms with Crippen LogP contribution in [0.15, 0.2) is 24.3 Å². The summed E-state index contributed by atoms with van der Waals surface area (Å²) in [6.45, 7) is 7.27. The summed E-state index contributed by atoms with van der Waals surface area (Å²) in [4.78, 5) is 14.1. The van der Waals surface area contributed by atoms with Gasteiger partial charge >= 0.3 is 6.09 Å². The van der Waals surface area contributed by atoms with Crippen LogP contribution >= 0.6 is 0 Å². The number of ether oxygens (including phenoxy) is 1. The van der Waals surface area contributed by atoms with Gasteiger partial charge < -0.3 is 20.1 Å². The number of benzene rings is 1. The minimum Gasteiger partial charge on any atom is -0.444 e. The van der Waals surface area contributed by atoms with Gasteiger partial charge in [-0.05, 0) is 39.7 Å². The number of alkyl carbamates (subject to hydrolysis) is 1. The van der Waals surface area contributed by atoms with Gasteiger partial charge in [-0.25, -0.2) is 4.79 Å². The molecule has 1 atom stereocenters. The van der Waals surface area contributed by atoms with E-state index >= 15 is 0 Å². The molecule has 22 heavy (non-hydrogen) atoms. The predicted octanol–water partition coefficient (Wildman–Crippen LogP) is 2.67. The molecule has 1 aliphatic heterocycles. The number of hydrogen-bond acceptors (Lipinski definition) is 4. The topological polar surface area (TPSA) is 61.8 Å². The summed E-state index contributed by atoms with van der Waals surface area (Å²) >= 11 is 0. The molecular weight excluding hydrogens is 280 g/mol. The monoisotopic (exact) mass is 306 g/mol. The van der Waals surface area contributed by atoms with Gasteiger partial charge in [0.15, 0.2) is 0 Å². The number of rotatable bonds is 3. The minimum atomic E-state index is -0.484. The number of carbonyl (C=O) groups excluding carboxylic acids is 1. The van der Waals surface area contributed by atoms with Gasteiger partial charge in [0.25, 0.3) is 0 Å². The van der Waals surface area contributed by atoms with Gasteiger partial charge in [0.1, 0.15) is 5.60 Å². The van der Waals surface area contributed by atoms with Crippen LogP contribution in [0.5, 0.6) is 0 Å². The summed E-state index contributed by atoms with van der Waals surface area (Å²) < 4.78 is 5.32. The second-order valence-electron chi connectivity index (χ2n) is 6.72. The Labute approximate surface area is 132 Å². The van der Waals surface area contributed by atoms with Crippen molar-refractivity contribution < 1.29 is 14.6 Å². The molecule has 2 N–H and O–H groups in total. The van der Waals surface area contributed by atoms with Crippen molar-refractivity contribution in [1.29, 1.82) is 0 Å². The van der Waals surface area contributed by atoms with Crippen LogP contribution in [0.1, 0.15) is 39.2 Å². The van der Waals surface area contributed by atoms with Crippen molar-refractivity contribution >= 4 is 11.8 Å². The van der Waals surface area contributed by atoms with E-state index in [1.807, 2.05) is 45.0 Å². The maximum Gasteiger partial charge on any atom is 0.407 e. The van der Waals surface area contributed by atoms with E-state index in [-0.39, 0.29) is 18.7 Å². The first-order valence-corrected chi connectivity index (χ1v) is 7.82. The Morgan fingerprint density at radius 2 is 2.14 bits per heavy atom. The van der Waals surface area contributed by atoms with Crippen molar-refractivity contribution in [3.63, 3.8) is 0 Å². The molecule has 1 aromatic carbocycles. The lowest BCUT2D eigenvalue weighted by atomic mass is 10.0. The molecule has 0 aromatic heterocycles. The first-order chi connectivity index (χ1) is 10.4. The summed E-state index contributed by atoms with van der Waals surface area (Å²) in [5.74, 6) is 0. The Hall–Kier alpha value is -1.75. The van der Waals surface area contributed by atoms with Crippen LogP contribution in [-0.2, 0) is 11.3 Å². The van der Waals surface area contributed by atoms with Crippen molar-refractivity contribution in [2.75, 3.05) is 18.0 Å². The van der Waals surface area contributed by atoms with Crippen LogP contribution in [0.4, 0.5) is 10.5 Å². The van der Waals surface area contributed by atoms with Gasteiger partial charge in [0, 0.05) is 30.4 Å². The molecule has 1 amide bonds. The van der Waals surface area contributed by atoms with Crippen LogP contribution in [0, 0.1) is 0 Å². The summed E-state index contributed by atoms with van der Waals surface area (Å²) in [5, 5.41) is 12.4. The SMILES string of the molecule is CC(C)(C)OC(=O)N[C@@H]1CCCN(c2ccccc2CO)C1. The van der Waals surface area contributed by atoms with Gasteiger partial charge in [-0.1, -0.05) is 18.2 Å². The second kappa shape index (κ2) is 7.01. The number of piperidine rings is 1. The third-order valence-corrected chi connectivity index (χ3v) is 3.64. The van der Waals surface area contributed by atoms with E-state index in [0.29, 0.717) is 0 Å². The number of amides is 1. The molecule has 0 saturated carbocycles. The molecule has 122 valence electrons. The van der Waals surface area contributed by atoms with Crippen molar-refractivity contribution in [3.05, 3.63) is 29.8 Å². The molecule has 1 fully saturated rings. The highest BCUT2D eigenvalue weighted by molar-refractivity contribution is 5.68. The van der Waals surface area contributed by atoms with Crippen molar-refractivity contribution in [3.8, 4) is 0 Å². The van der Waals surface area contributed by atoms with E-state index in [9.17, 15) is 9.90 Å². The number of nitrogens with zero attached hydrogens (tertiary/aromatic N) is 1. The fraction of sp³-hybridized carbons (Fsp3) is 0.588. The minimum absolute atomic E-state index is 0.0246. The fourth-order valence-corrected chi connectivity index (χ4v) is 2.74. The van der Waals surface area contributed by atoms with Crippen LogP contribution in [0.3, 0.4) is 0 Å². The average Bonchev–Trinajstić information content (AvgIpc) is 2.45. The average molecular weight is 306 g/mol. The normalized spacial score (nSPS) is 18.9. The third-order valence-electron chi connectivity index (χ3n) is 3.64. The highest BCUT2D eigenvalue weighted by Gasteiger charge is 2.25. The number of aliphatic hydroxyl groups is 1. The number of nitrogens with one attached hydrogen (secondary N) is 1. The number of carbonyl (C=O) groups is 1. The number of hydrogen-bond donors (Lipinski definition) is 2. The molecule has 1 saturated heterocycles. The molecule has 5 nitrogen and oxygen atoms in total. The van der Waals surface area contributed by atoms with Gasteiger partial charge in [-0.15, -0.1) is 0 Å². The Kier molecular flexibility index (Phi) is 5.29. The van der Waals surface area contributed by atoms with E-state index in [2.05, 4.69) is 10.2 Å². The lowest BCUT2D eigenvalue weighted by Crippen LogP contribution is -2.49. The van der Waals surface area contributed by atoms with E-state index in [0.717, 1.165) is 37.2 Å². The molecule has 2 rings (SSSR count). The Morgan fingerprint density at radius 1 is 1.41 bits per heavy atom. The standard InChI is InChI=1S/C17H26N2O3/c1-17(2,3)22-16(21)18-14-8-6-10-19(11-14)15-9-5-4-7-13(15)12-20/h4-5,7,9,14,20H,6,8,10-12H2,1-3H3,(H,18,21)/t14-/m1/s1. The fourth-order valence-electron chi connectivity index (χ4n) is 2.74. The van der Waals surface area contributed by atoms with Crippen LogP contribution < -0.4 is 10.2 Å². The summed E-state index contributed by atoms with van der Waals surface area (Å²) in [6.07, 6.45) is 1.58. The first kappa shape index (κ1) is 16.6. The molecule has 1 heterocycles. The highest BCUT2D eigenvalue weighted by atomic mass is 16.6. The summed E-state index contributed by atoms with van der Waals surface area (Å²) in [6, 6.07) is 7.91. The van der Waals surface area contributed by atoms with E-state index in [1.165, 1.54) is 0 Å². The zero-order chi connectivity index (χ0) is 16.2. The Bertz CT molecular complexity index is 511. The number of para-hydroxylation sites is 1. The van der Waals surface area contributed by atoms with E-state index in [1.54, 1.807) is 0 Å². The van der Waals surface area contributed by atoms with E-state index < -0.39 is 5.60 Å². The third kappa shape index (κ3) is 4.63. The summed E-state index contributed by atoms with van der Waals surface area (Å²) in [7, 11) is 0. The van der Waals surface area contributed by atoms with Gasteiger partial charge in [-0.3, -0.25) is 0 Å². The van der Waals surface area contributed by atoms with Crippen LogP contribution in [0.25, 0.3) is 0 Å². The smallest absolute Gasteiger partial charge is 0.407 e. The molecule has 0 bridgehead atoms. The first-order valence-electron chi connectivity index (χ1n) is 7.82. The molecule has 0 spiro atoms. The van der Waals surface area contributed by atoms with Gasteiger partial charge in [-0.2, -0.15) is 0 Å². The largest absolute Gasteiger partial charge is 0.444 e. The highest BCUT2D eigenvalue weighted by Crippen LogP contribution is 2.24. The lowest BCUT2D eigenvalue weighted by molar-refractivity contribution is 0.0500. The second-order valence-corrected chi connectivity index (χ2v) is 6.72. The van der Waals surface area contributed by atoms with Gasteiger partial charge in [0.2, 0.25) is 0 Å². The summed E-state index contributed by atoms with van der Waals surface area (Å²) in [5.41, 5.74) is 1.48. The quantitative estimate of drug-likeness (QED) is 0.901. The number of aliphatic hydroxyl groups excluding tert-OH is 1. The Balaban J connectivity index is 1.98. The molecule has 0 aliphatic carbocycles. The van der Waals surface area contributed by atoms with Crippen molar-refractivity contribution in [1.82, 2.24) is 5.32 Å². The zero-order valence-electron chi connectivity index (χ0n) is 13.6. The molecule has 1 aromatic rings. The molecule has 1 aliphatic rings. The van der Waals surface area contributed by atoms with Crippen molar-refractivity contribution in [2.24, 2.45) is 0 Å². The van der Waals surface area contributed by atoms with Crippen LogP contribution in [0.2, 0.25) is 0 Å². The molecule has 5 heteroatoms.